The van der Waals surface area contributed by atoms with Crippen LogP contribution in [-0.2, 0) is 26.2 Å². The molecule has 4 aromatic heterocycles. The summed E-state index contributed by atoms with van der Waals surface area (Å²) < 4.78 is 4.79. The third-order valence-corrected chi connectivity index (χ3v) is 11.3. The van der Waals surface area contributed by atoms with Gasteiger partial charge in [0.15, 0.2) is 11.6 Å². The molecule has 0 saturated heterocycles. The lowest BCUT2D eigenvalue weighted by Gasteiger charge is -2.25. The second-order valence-electron chi connectivity index (χ2n) is 17.2. The average molecular weight is 831 g/mol. The smallest absolute Gasteiger partial charge is 0.206 e. The number of anilines is 4. The van der Waals surface area contributed by atoms with Crippen LogP contribution in [0.3, 0.4) is 0 Å². The standard InChI is InChI=1S/C33H39N5.C19H27N5/c1-5-21-36(6-2)33-35-30-31(38(33)22-25(3)4)28-19-13-14-20-29(28)34-32(30)37(23-26-15-9-7-10-16-26)24-27-17-11-8-12-18-27;1-5-11-23(6-2)19-22-16-17(24(19)12-13(3)4)14-9-7-8-10-15(14)21-18(16)20/h7-20,25H,5-6,21-24H2,1-4H3;7-10,13H,5-6,11-12H2,1-4H3,(H2,20,21). The van der Waals surface area contributed by atoms with Crippen LogP contribution in [0.25, 0.3) is 43.9 Å². The van der Waals surface area contributed by atoms with E-state index in [1.54, 1.807) is 0 Å². The Balaban J connectivity index is 0.000000207. The third kappa shape index (κ3) is 9.49. The van der Waals surface area contributed by atoms with Crippen molar-refractivity contribution in [1.82, 2.24) is 29.1 Å². The minimum Gasteiger partial charge on any atom is -0.382 e. The van der Waals surface area contributed by atoms with E-state index in [1.807, 2.05) is 12.1 Å². The molecule has 2 N–H and O–H groups in total. The van der Waals surface area contributed by atoms with Gasteiger partial charge < -0.3 is 29.6 Å². The molecule has 0 radical (unpaired) electrons. The molecule has 0 saturated carbocycles. The summed E-state index contributed by atoms with van der Waals surface area (Å²) >= 11 is 0. The molecule has 0 aliphatic rings. The van der Waals surface area contributed by atoms with Crippen molar-refractivity contribution >= 4 is 67.4 Å². The minimum absolute atomic E-state index is 0.492. The van der Waals surface area contributed by atoms with Gasteiger partial charge >= 0.3 is 0 Å². The first kappa shape index (κ1) is 43.9. The number of nitrogen functional groups attached to an aromatic ring is 1. The largest absolute Gasteiger partial charge is 0.382 e. The van der Waals surface area contributed by atoms with Gasteiger partial charge in [-0.05, 0) is 61.8 Å². The zero-order valence-corrected chi connectivity index (χ0v) is 38.2. The summed E-state index contributed by atoms with van der Waals surface area (Å²) in [6.45, 7) is 25.0. The second kappa shape index (κ2) is 20.1. The maximum atomic E-state index is 6.25. The van der Waals surface area contributed by atoms with Gasteiger partial charge in [-0.25, -0.2) is 19.9 Å². The molecule has 4 aromatic carbocycles. The minimum atomic E-state index is 0.492. The van der Waals surface area contributed by atoms with E-state index in [4.69, 9.17) is 20.7 Å². The predicted octanol–water partition coefficient (Wildman–Crippen LogP) is 11.7. The van der Waals surface area contributed by atoms with Crippen molar-refractivity contribution in [2.45, 2.75) is 94.4 Å². The molecule has 0 bridgehead atoms. The molecule has 0 atom stereocenters. The first-order valence-corrected chi connectivity index (χ1v) is 22.8. The summed E-state index contributed by atoms with van der Waals surface area (Å²) in [6, 6.07) is 38.1. The molecule has 10 heteroatoms. The molecule has 0 fully saturated rings. The highest BCUT2D eigenvalue weighted by atomic mass is 15.3. The lowest BCUT2D eigenvalue weighted by molar-refractivity contribution is 0.528. The molecule has 0 aliphatic heterocycles. The van der Waals surface area contributed by atoms with Gasteiger partial charge in [0.2, 0.25) is 11.9 Å². The number of nitrogens with zero attached hydrogens (tertiary/aromatic N) is 9. The fourth-order valence-corrected chi connectivity index (χ4v) is 8.59. The van der Waals surface area contributed by atoms with E-state index in [0.717, 1.165) is 121 Å². The van der Waals surface area contributed by atoms with Crippen LogP contribution in [-0.4, -0.2) is 55.2 Å². The molecule has 0 amide bonds. The van der Waals surface area contributed by atoms with Gasteiger partial charge in [0, 0.05) is 63.1 Å². The maximum absolute atomic E-state index is 6.25. The van der Waals surface area contributed by atoms with Crippen molar-refractivity contribution in [3.8, 4) is 0 Å². The van der Waals surface area contributed by atoms with Crippen LogP contribution >= 0.6 is 0 Å². The van der Waals surface area contributed by atoms with E-state index in [0.29, 0.717) is 17.7 Å². The summed E-state index contributed by atoms with van der Waals surface area (Å²) in [7, 11) is 0. The van der Waals surface area contributed by atoms with Gasteiger partial charge in [-0.15, -0.1) is 0 Å². The van der Waals surface area contributed by atoms with Crippen LogP contribution in [0.5, 0.6) is 0 Å². The van der Waals surface area contributed by atoms with Crippen molar-refractivity contribution in [2.24, 2.45) is 11.8 Å². The Hall–Kier alpha value is -6.16. The molecule has 8 rings (SSSR count). The number of fused-ring (bicyclic) bond motifs is 6. The Kier molecular flexibility index (Phi) is 14.3. The molecular formula is C52H66N10. The van der Waals surface area contributed by atoms with Crippen LogP contribution in [0.1, 0.15) is 79.4 Å². The zero-order valence-electron chi connectivity index (χ0n) is 38.2. The molecule has 0 spiro atoms. The number of nitrogens with two attached hydrogens (primary N) is 1. The zero-order chi connectivity index (χ0) is 43.8. The van der Waals surface area contributed by atoms with Gasteiger partial charge in [-0.3, -0.25) is 0 Å². The number of rotatable bonds is 17. The van der Waals surface area contributed by atoms with Crippen molar-refractivity contribution in [1.29, 1.82) is 0 Å². The van der Waals surface area contributed by atoms with Crippen molar-refractivity contribution in [3.63, 3.8) is 0 Å². The van der Waals surface area contributed by atoms with Crippen LogP contribution in [0.15, 0.2) is 109 Å². The highest BCUT2D eigenvalue weighted by molar-refractivity contribution is 6.08. The lowest BCUT2D eigenvalue weighted by atomic mass is 10.1. The first-order chi connectivity index (χ1) is 30.1. The molecule has 10 nitrogen and oxygen atoms in total. The van der Waals surface area contributed by atoms with Crippen molar-refractivity contribution < 1.29 is 0 Å². The molecule has 4 heterocycles. The van der Waals surface area contributed by atoms with Crippen LogP contribution < -0.4 is 20.4 Å². The van der Waals surface area contributed by atoms with E-state index < -0.39 is 0 Å². The number of aromatic nitrogens is 6. The maximum Gasteiger partial charge on any atom is 0.206 e. The second-order valence-corrected chi connectivity index (χ2v) is 17.2. The third-order valence-electron chi connectivity index (χ3n) is 11.3. The molecule has 0 aliphatic carbocycles. The fourth-order valence-electron chi connectivity index (χ4n) is 8.59. The first-order valence-electron chi connectivity index (χ1n) is 22.8. The molecule has 0 unspecified atom stereocenters. The normalized spacial score (nSPS) is 11.6. The van der Waals surface area contributed by atoms with Gasteiger partial charge in [0.05, 0.1) is 22.1 Å². The number of hydrogen-bond donors (Lipinski definition) is 1. The number of para-hydroxylation sites is 2. The van der Waals surface area contributed by atoms with E-state index in [2.05, 4.69) is 181 Å². The summed E-state index contributed by atoms with van der Waals surface area (Å²) in [5, 5.41) is 2.28. The number of hydrogen-bond acceptors (Lipinski definition) is 8. The average Bonchev–Trinajstić information content (AvgIpc) is 3.84. The summed E-state index contributed by atoms with van der Waals surface area (Å²) in [4.78, 5) is 27.3. The topological polar surface area (TPSA) is 97.2 Å². The van der Waals surface area contributed by atoms with Crippen LogP contribution in [0.4, 0.5) is 23.5 Å². The van der Waals surface area contributed by atoms with Gasteiger partial charge in [-0.2, -0.15) is 0 Å². The van der Waals surface area contributed by atoms with Crippen molar-refractivity contribution in [2.75, 3.05) is 46.6 Å². The van der Waals surface area contributed by atoms with Crippen LogP contribution in [0, 0.1) is 11.8 Å². The highest BCUT2D eigenvalue weighted by Gasteiger charge is 2.25. The lowest BCUT2D eigenvalue weighted by Crippen LogP contribution is -2.27. The molecule has 324 valence electrons. The Morgan fingerprint density at radius 2 is 0.919 bits per heavy atom. The summed E-state index contributed by atoms with van der Waals surface area (Å²) in [6.07, 6.45) is 2.17. The van der Waals surface area contributed by atoms with E-state index in [-0.39, 0.29) is 0 Å². The molecule has 62 heavy (non-hydrogen) atoms. The number of imidazole rings is 2. The Morgan fingerprint density at radius 3 is 1.37 bits per heavy atom. The number of benzene rings is 4. The SMILES string of the molecule is CCCN(CC)c1nc2c(N(Cc3ccccc3)Cc3ccccc3)nc3ccccc3c2n1CC(C)C.CCCN(CC)c1nc2c(N)nc3ccccc3c2n1CC(C)C. The Labute approximate surface area is 368 Å². The fraction of sp³-hybridized carbons (Fsp3) is 0.385. The Bertz CT molecular complexity index is 2640. The van der Waals surface area contributed by atoms with E-state index in [1.165, 1.54) is 16.6 Å². The molecule has 8 aromatic rings. The summed E-state index contributed by atoms with van der Waals surface area (Å²) in [5.41, 5.74) is 14.8. The Morgan fingerprint density at radius 1 is 0.500 bits per heavy atom. The van der Waals surface area contributed by atoms with Crippen molar-refractivity contribution in [3.05, 3.63) is 120 Å². The monoisotopic (exact) mass is 831 g/mol. The van der Waals surface area contributed by atoms with E-state index in [9.17, 15) is 0 Å². The van der Waals surface area contributed by atoms with Gasteiger partial charge in [0.25, 0.3) is 0 Å². The highest BCUT2D eigenvalue weighted by Crippen LogP contribution is 2.37. The van der Waals surface area contributed by atoms with Crippen LogP contribution in [0.2, 0.25) is 0 Å². The summed E-state index contributed by atoms with van der Waals surface area (Å²) in [5.74, 6) is 4.54. The van der Waals surface area contributed by atoms with Gasteiger partial charge in [-0.1, -0.05) is 139 Å². The number of pyridine rings is 2. The quantitative estimate of drug-likeness (QED) is 0.0969. The van der Waals surface area contributed by atoms with E-state index >= 15 is 0 Å². The predicted molar refractivity (Wildman–Crippen MR) is 263 cm³/mol. The van der Waals surface area contributed by atoms with Gasteiger partial charge in [0.1, 0.15) is 11.0 Å². The molecular weight excluding hydrogens is 765 g/mol.